The Labute approximate surface area is 149 Å². The van der Waals surface area contributed by atoms with Gasteiger partial charge in [0.2, 0.25) is 0 Å². The molecule has 132 valence electrons. The van der Waals surface area contributed by atoms with Crippen LogP contribution >= 0.6 is 0 Å². The molecule has 2 amide bonds. The van der Waals surface area contributed by atoms with E-state index in [-0.39, 0.29) is 6.03 Å². The van der Waals surface area contributed by atoms with Gasteiger partial charge in [-0.1, -0.05) is 6.07 Å². The van der Waals surface area contributed by atoms with Crippen molar-refractivity contribution in [1.29, 1.82) is 0 Å². The van der Waals surface area contributed by atoms with Crippen LogP contribution in [0.5, 0.6) is 5.75 Å². The fourth-order valence-electron chi connectivity index (χ4n) is 3.21. The van der Waals surface area contributed by atoms with E-state index in [1.165, 1.54) is 0 Å². The SMILES string of the molecule is COc1ccc(N2CCN(C(=O)Nc3cc(C)cc(C)c3)CC2)cc1. The summed E-state index contributed by atoms with van der Waals surface area (Å²) in [6, 6.07) is 14.1. The molecular weight excluding hydrogens is 314 g/mol. The van der Waals surface area contributed by atoms with Crippen LogP contribution in [0.15, 0.2) is 42.5 Å². The van der Waals surface area contributed by atoms with Gasteiger partial charge in [0.15, 0.2) is 0 Å². The van der Waals surface area contributed by atoms with E-state index in [4.69, 9.17) is 4.74 Å². The predicted molar refractivity (Wildman–Crippen MR) is 102 cm³/mol. The van der Waals surface area contributed by atoms with Gasteiger partial charge in [-0.3, -0.25) is 0 Å². The van der Waals surface area contributed by atoms with Crippen molar-refractivity contribution in [2.45, 2.75) is 13.8 Å². The Morgan fingerprint density at radius 1 is 0.960 bits per heavy atom. The predicted octanol–water partition coefficient (Wildman–Crippen LogP) is 3.67. The highest BCUT2D eigenvalue weighted by atomic mass is 16.5. The third kappa shape index (κ3) is 4.24. The van der Waals surface area contributed by atoms with E-state index in [1.54, 1.807) is 7.11 Å². The molecule has 0 bridgehead atoms. The molecule has 0 spiro atoms. The molecule has 0 saturated carbocycles. The number of urea groups is 1. The summed E-state index contributed by atoms with van der Waals surface area (Å²) in [5, 5.41) is 3.01. The monoisotopic (exact) mass is 339 g/mol. The molecule has 0 unspecified atom stereocenters. The summed E-state index contributed by atoms with van der Waals surface area (Å²) in [5.41, 5.74) is 4.33. The van der Waals surface area contributed by atoms with Crippen LogP contribution < -0.4 is 15.0 Å². The number of hydrogen-bond acceptors (Lipinski definition) is 3. The first-order valence-corrected chi connectivity index (χ1v) is 8.58. The van der Waals surface area contributed by atoms with E-state index in [1.807, 2.05) is 43.0 Å². The summed E-state index contributed by atoms with van der Waals surface area (Å²) in [6.07, 6.45) is 0. The number of aryl methyl sites for hydroxylation is 2. The van der Waals surface area contributed by atoms with Gasteiger partial charge in [-0.2, -0.15) is 0 Å². The van der Waals surface area contributed by atoms with Gasteiger partial charge in [0.25, 0.3) is 0 Å². The van der Waals surface area contributed by atoms with Crippen LogP contribution in [0, 0.1) is 13.8 Å². The third-order valence-electron chi connectivity index (χ3n) is 4.48. The lowest BCUT2D eigenvalue weighted by molar-refractivity contribution is 0.208. The highest BCUT2D eigenvalue weighted by molar-refractivity contribution is 5.89. The molecule has 1 saturated heterocycles. The quantitative estimate of drug-likeness (QED) is 0.928. The summed E-state index contributed by atoms with van der Waals surface area (Å²) in [7, 11) is 1.67. The van der Waals surface area contributed by atoms with E-state index in [0.717, 1.165) is 41.3 Å². The van der Waals surface area contributed by atoms with Gasteiger partial charge < -0.3 is 19.9 Å². The molecule has 0 aromatic heterocycles. The molecular formula is C20H25N3O2. The number of rotatable bonds is 3. The lowest BCUT2D eigenvalue weighted by Crippen LogP contribution is -2.50. The maximum atomic E-state index is 12.5. The fraction of sp³-hybridized carbons (Fsp3) is 0.350. The van der Waals surface area contributed by atoms with E-state index in [2.05, 4.69) is 28.4 Å². The van der Waals surface area contributed by atoms with Crippen molar-refractivity contribution in [3.63, 3.8) is 0 Å². The Morgan fingerprint density at radius 3 is 2.12 bits per heavy atom. The number of nitrogens with zero attached hydrogens (tertiary/aromatic N) is 2. The maximum Gasteiger partial charge on any atom is 0.321 e. The van der Waals surface area contributed by atoms with Gasteiger partial charge in [0.05, 0.1) is 7.11 Å². The largest absolute Gasteiger partial charge is 0.497 e. The summed E-state index contributed by atoms with van der Waals surface area (Å²) < 4.78 is 5.20. The zero-order valence-corrected chi connectivity index (χ0v) is 15.1. The second-order valence-corrected chi connectivity index (χ2v) is 6.48. The molecule has 2 aromatic carbocycles. The smallest absolute Gasteiger partial charge is 0.321 e. The fourth-order valence-corrected chi connectivity index (χ4v) is 3.21. The number of hydrogen-bond donors (Lipinski definition) is 1. The van der Waals surface area contributed by atoms with Gasteiger partial charge in [-0.25, -0.2) is 4.79 Å². The molecule has 1 aliphatic heterocycles. The molecule has 25 heavy (non-hydrogen) atoms. The topological polar surface area (TPSA) is 44.8 Å². The molecule has 0 atom stereocenters. The number of ether oxygens (including phenoxy) is 1. The van der Waals surface area contributed by atoms with Crippen molar-refractivity contribution in [3.05, 3.63) is 53.6 Å². The van der Waals surface area contributed by atoms with E-state index >= 15 is 0 Å². The minimum Gasteiger partial charge on any atom is -0.497 e. The van der Waals surface area contributed by atoms with Crippen LogP contribution in [0.4, 0.5) is 16.2 Å². The zero-order chi connectivity index (χ0) is 17.8. The molecule has 0 aliphatic carbocycles. The Morgan fingerprint density at radius 2 is 1.56 bits per heavy atom. The second-order valence-electron chi connectivity index (χ2n) is 6.48. The first kappa shape index (κ1) is 17.1. The van der Waals surface area contributed by atoms with Crippen molar-refractivity contribution in [2.24, 2.45) is 0 Å². The Kier molecular flexibility index (Phi) is 5.12. The normalized spacial score (nSPS) is 14.4. The first-order chi connectivity index (χ1) is 12.0. The second kappa shape index (κ2) is 7.47. The lowest BCUT2D eigenvalue weighted by Gasteiger charge is -2.36. The summed E-state index contributed by atoms with van der Waals surface area (Å²) in [4.78, 5) is 16.7. The molecule has 1 fully saturated rings. The number of nitrogens with one attached hydrogen (secondary N) is 1. The Bertz CT molecular complexity index is 715. The number of carbonyl (C=O) groups excluding carboxylic acids is 1. The highest BCUT2D eigenvalue weighted by Crippen LogP contribution is 2.21. The van der Waals surface area contributed by atoms with Crippen LogP contribution in [0.25, 0.3) is 0 Å². The minimum absolute atomic E-state index is 0.0284. The van der Waals surface area contributed by atoms with Gasteiger partial charge in [-0.15, -0.1) is 0 Å². The maximum absolute atomic E-state index is 12.5. The van der Waals surface area contributed by atoms with Crippen molar-refractivity contribution in [3.8, 4) is 5.75 Å². The average molecular weight is 339 g/mol. The van der Waals surface area contributed by atoms with E-state index in [0.29, 0.717) is 13.1 Å². The number of methoxy groups -OCH3 is 1. The molecule has 1 aliphatic rings. The van der Waals surface area contributed by atoms with Gasteiger partial charge >= 0.3 is 6.03 Å². The number of amides is 2. The third-order valence-corrected chi connectivity index (χ3v) is 4.48. The molecule has 0 radical (unpaired) electrons. The summed E-state index contributed by atoms with van der Waals surface area (Å²) >= 11 is 0. The molecule has 5 nitrogen and oxygen atoms in total. The van der Waals surface area contributed by atoms with Crippen molar-refractivity contribution < 1.29 is 9.53 Å². The lowest BCUT2D eigenvalue weighted by atomic mass is 10.1. The summed E-state index contributed by atoms with van der Waals surface area (Å²) in [6.45, 7) is 7.15. The minimum atomic E-state index is -0.0284. The van der Waals surface area contributed by atoms with Gasteiger partial charge in [0, 0.05) is 37.6 Å². The van der Waals surface area contributed by atoms with Crippen LogP contribution in [0.2, 0.25) is 0 Å². The Hall–Kier alpha value is -2.69. The van der Waals surface area contributed by atoms with Crippen molar-refractivity contribution >= 4 is 17.4 Å². The standard InChI is InChI=1S/C20H25N3O2/c1-15-12-16(2)14-17(13-15)21-20(24)23-10-8-22(9-11-23)18-4-6-19(25-3)7-5-18/h4-7,12-14H,8-11H2,1-3H3,(H,21,24). The molecule has 1 N–H and O–H groups in total. The number of piperazine rings is 1. The van der Waals surface area contributed by atoms with Crippen molar-refractivity contribution in [2.75, 3.05) is 43.5 Å². The first-order valence-electron chi connectivity index (χ1n) is 8.58. The molecule has 2 aromatic rings. The molecule has 1 heterocycles. The van der Waals surface area contributed by atoms with E-state index < -0.39 is 0 Å². The van der Waals surface area contributed by atoms with Crippen LogP contribution in [-0.2, 0) is 0 Å². The molecule has 3 rings (SSSR count). The number of carbonyl (C=O) groups is 1. The summed E-state index contributed by atoms with van der Waals surface area (Å²) in [5.74, 6) is 0.857. The Balaban J connectivity index is 1.56. The van der Waals surface area contributed by atoms with E-state index in [9.17, 15) is 4.79 Å². The highest BCUT2D eigenvalue weighted by Gasteiger charge is 2.21. The van der Waals surface area contributed by atoms with Crippen LogP contribution in [0.3, 0.4) is 0 Å². The van der Waals surface area contributed by atoms with Gasteiger partial charge in [0.1, 0.15) is 5.75 Å². The van der Waals surface area contributed by atoms with Crippen molar-refractivity contribution in [1.82, 2.24) is 4.90 Å². The zero-order valence-electron chi connectivity index (χ0n) is 15.1. The average Bonchev–Trinajstić information content (AvgIpc) is 2.61. The molecule has 5 heteroatoms. The van der Waals surface area contributed by atoms with Gasteiger partial charge in [-0.05, 0) is 61.4 Å². The van der Waals surface area contributed by atoms with Crippen LogP contribution in [-0.4, -0.2) is 44.2 Å². The van der Waals surface area contributed by atoms with Crippen LogP contribution in [0.1, 0.15) is 11.1 Å². The number of anilines is 2. The number of benzene rings is 2.